The zero-order valence-corrected chi connectivity index (χ0v) is 16.4. The Morgan fingerprint density at radius 1 is 1.07 bits per heavy atom. The molecule has 0 saturated heterocycles. The Balaban J connectivity index is 1.30. The standard InChI is InChI=1S/C22H19N3O3S/c26-20(10-12-25-15-23-21-19(22(25)27)11-13-29-21)24-17-6-8-18(9-7-17)28-14-16-4-2-1-3-5-16/h1-9,11,13,15H,10,12,14H2,(H,24,26). The molecule has 0 unspecified atom stereocenters. The van der Waals surface area contributed by atoms with Gasteiger partial charge >= 0.3 is 0 Å². The van der Waals surface area contributed by atoms with Gasteiger partial charge in [0.2, 0.25) is 5.91 Å². The van der Waals surface area contributed by atoms with Crippen LogP contribution in [0.5, 0.6) is 5.75 Å². The summed E-state index contributed by atoms with van der Waals surface area (Å²) in [6, 6.07) is 18.9. The molecule has 146 valence electrons. The molecule has 0 atom stereocenters. The fourth-order valence-electron chi connectivity index (χ4n) is 2.87. The summed E-state index contributed by atoms with van der Waals surface area (Å²) < 4.78 is 7.21. The molecule has 0 aliphatic rings. The van der Waals surface area contributed by atoms with E-state index >= 15 is 0 Å². The Hall–Kier alpha value is -3.45. The van der Waals surface area contributed by atoms with E-state index in [2.05, 4.69) is 10.3 Å². The second kappa shape index (κ2) is 8.70. The van der Waals surface area contributed by atoms with Crippen LogP contribution in [0.4, 0.5) is 5.69 Å². The van der Waals surface area contributed by atoms with Gasteiger partial charge in [-0.05, 0) is 41.3 Å². The van der Waals surface area contributed by atoms with Crippen molar-refractivity contribution < 1.29 is 9.53 Å². The van der Waals surface area contributed by atoms with E-state index in [4.69, 9.17) is 4.74 Å². The monoisotopic (exact) mass is 405 g/mol. The van der Waals surface area contributed by atoms with Gasteiger partial charge in [-0.15, -0.1) is 11.3 Å². The van der Waals surface area contributed by atoms with Gasteiger partial charge in [-0.25, -0.2) is 4.98 Å². The van der Waals surface area contributed by atoms with Crippen molar-refractivity contribution in [2.75, 3.05) is 5.32 Å². The lowest BCUT2D eigenvalue weighted by molar-refractivity contribution is -0.116. The number of amides is 1. The number of ether oxygens (including phenoxy) is 1. The summed E-state index contributed by atoms with van der Waals surface area (Å²) in [7, 11) is 0. The Kier molecular flexibility index (Phi) is 5.67. The molecule has 1 amide bonds. The maximum Gasteiger partial charge on any atom is 0.262 e. The highest BCUT2D eigenvalue weighted by molar-refractivity contribution is 7.16. The van der Waals surface area contributed by atoms with Crippen LogP contribution in [0.15, 0.2) is 77.2 Å². The molecular formula is C22H19N3O3S. The Morgan fingerprint density at radius 2 is 1.86 bits per heavy atom. The average Bonchev–Trinajstić information content (AvgIpc) is 3.23. The van der Waals surface area contributed by atoms with Crippen LogP contribution in [0.3, 0.4) is 0 Å². The molecule has 0 bridgehead atoms. The zero-order valence-electron chi connectivity index (χ0n) is 15.6. The zero-order chi connectivity index (χ0) is 20.1. The normalized spacial score (nSPS) is 10.8. The SMILES string of the molecule is O=C(CCn1cnc2sccc2c1=O)Nc1ccc(OCc2ccccc2)cc1. The van der Waals surface area contributed by atoms with Gasteiger partial charge in [0.05, 0.1) is 11.7 Å². The number of fused-ring (bicyclic) bond motifs is 1. The number of hydrogen-bond donors (Lipinski definition) is 1. The fourth-order valence-corrected chi connectivity index (χ4v) is 3.60. The molecule has 7 heteroatoms. The third-order valence-electron chi connectivity index (χ3n) is 4.42. The molecule has 1 N–H and O–H groups in total. The van der Waals surface area contributed by atoms with Gasteiger partial charge in [0, 0.05) is 18.7 Å². The fraction of sp³-hybridized carbons (Fsp3) is 0.136. The largest absolute Gasteiger partial charge is 0.489 e. The number of aryl methyl sites for hydroxylation is 1. The lowest BCUT2D eigenvalue weighted by atomic mass is 10.2. The minimum absolute atomic E-state index is 0.121. The van der Waals surface area contributed by atoms with Crippen molar-refractivity contribution >= 4 is 33.1 Å². The van der Waals surface area contributed by atoms with E-state index in [9.17, 15) is 9.59 Å². The molecule has 0 saturated carbocycles. The first-order valence-electron chi connectivity index (χ1n) is 9.18. The molecule has 0 spiro atoms. The summed E-state index contributed by atoms with van der Waals surface area (Å²) in [5.74, 6) is 0.564. The Bertz CT molecular complexity index is 1170. The van der Waals surface area contributed by atoms with Crippen molar-refractivity contribution in [1.29, 1.82) is 0 Å². The quantitative estimate of drug-likeness (QED) is 0.503. The first-order chi connectivity index (χ1) is 14.2. The molecule has 0 aliphatic carbocycles. The summed E-state index contributed by atoms with van der Waals surface area (Å²) in [5, 5.41) is 5.26. The first kappa shape index (κ1) is 18.9. The van der Waals surface area contributed by atoms with E-state index in [0.717, 1.165) is 11.3 Å². The molecule has 4 aromatic rings. The van der Waals surface area contributed by atoms with Crippen LogP contribution >= 0.6 is 11.3 Å². The number of aromatic nitrogens is 2. The summed E-state index contributed by atoms with van der Waals surface area (Å²) in [6.45, 7) is 0.769. The summed E-state index contributed by atoms with van der Waals surface area (Å²) >= 11 is 1.43. The molecule has 29 heavy (non-hydrogen) atoms. The van der Waals surface area contributed by atoms with Crippen LogP contribution < -0.4 is 15.6 Å². The van der Waals surface area contributed by atoms with Gasteiger partial charge in [0.25, 0.3) is 5.56 Å². The van der Waals surface area contributed by atoms with E-state index in [0.29, 0.717) is 22.5 Å². The highest BCUT2D eigenvalue weighted by Crippen LogP contribution is 2.17. The smallest absolute Gasteiger partial charge is 0.262 e. The summed E-state index contributed by atoms with van der Waals surface area (Å²) in [4.78, 5) is 29.5. The number of carbonyl (C=O) groups is 1. The van der Waals surface area contributed by atoms with Gasteiger partial charge in [0.1, 0.15) is 17.2 Å². The number of hydrogen-bond acceptors (Lipinski definition) is 5. The molecule has 0 aliphatic heterocycles. The number of carbonyl (C=O) groups excluding carboxylic acids is 1. The maximum atomic E-state index is 12.3. The van der Waals surface area contributed by atoms with Crippen LogP contribution in [0.1, 0.15) is 12.0 Å². The van der Waals surface area contributed by atoms with Gasteiger partial charge in [-0.3, -0.25) is 14.2 Å². The molecule has 6 nitrogen and oxygen atoms in total. The second-order valence-electron chi connectivity index (χ2n) is 6.48. The number of benzene rings is 2. The van der Waals surface area contributed by atoms with E-state index in [1.54, 1.807) is 18.2 Å². The molecule has 0 fully saturated rings. The van der Waals surface area contributed by atoms with Gasteiger partial charge in [-0.1, -0.05) is 30.3 Å². The first-order valence-corrected chi connectivity index (χ1v) is 10.1. The van der Waals surface area contributed by atoms with Gasteiger partial charge in [0.15, 0.2) is 0 Å². The number of rotatable bonds is 7. The lowest BCUT2D eigenvalue weighted by Gasteiger charge is -2.09. The Morgan fingerprint density at radius 3 is 2.66 bits per heavy atom. The molecular weight excluding hydrogens is 386 g/mol. The van der Waals surface area contributed by atoms with Crippen molar-refractivity contribution in [1.82, 2.24) is 9.55 Å². The van der Waals surface area contributed by atoms with Gasteiger partial charge < -0.3 is 10.1 Å². The number of nitrogens with one attached hydrogen (secondary N) is 1. The van der Waals surface area contributed by atoms with E-state index < -0.39 is 0 Å². The minimum Gasteiger partial charge on any atom is -0.489 e. The predicted octanol–water partition coefficient (Wildman–Crippen LogP) is 4.07. The Labute approximate surface area is 171 Å². The van der Waals surface area contributed by atoms with E-state index in [1.807, 2.05) is 47.8 Å². The van der Waals surface area contributed by atoms with Crippen LogP contribution in [-0.2, 0) is 17.9 Å². The minimum atomic E-state index is -0.166. The molecule has 0 radical (unpaired) electrons. The number of anilines is 1. The lowest BCUT2D eigenvalue weighted by Crippen LogP contribution is -2.23. The average molecular weight is 405 g/mol. The molecule has 4 rings (SSSR count). The summed E-state index contributed by atoms with van der Waals surface area (Å²) in [6.07, 6.45) is 1.68. The second-order valence-corrected chi connectivity index (χ2v) is 7.37. The predicted molar refractivity (Wildman–Crippen MR) is 114 cm³/mol. The molecule has 2 aromatic carbocycles. The van der Waals surface area contributed by atoms with Crippen molar-refractivity contribution in [3.05, 3.63) is 88.3 Å². The van der Waals surface area contributed by atoms with Crippen molar-refractivity contribution in [3.8, 4) is 5.75 Å². The third-order valence-corrected chi connectivity index (χ3v) is 5.24. The van der Waals surface area contributed by atoms with Crippen molar-refractivity contribution in [2.24, 2.45) is 0 Å². The highest BCUT2D eigenvalue weighted by atomic mass is 32.1. The highest BCUT2D eigenvalue weighted by Gasteiger charge is 2.08. The maximum absolute atomic E-state index is 12.3. The molecule has 2 aromatic heterocycles. The van der Waals surface area contributed by atoms with Crippen LogP contribution in [0, 0.1) is 0 Å². The topological polar surface area (TPSA) is 73.2 Å². The number of nitrogens with zero attached hydrogens (tertiary/aromatic N) is 2. The van der Waals surface area contributed by atoms with Crippen LogP contribution in [0.2, 0.25) is 0 Å². The van der Waals surface area contributed by atoms with Gasteiger partial charge in [-0.2, -0.15) is 0 Å². The van der Waals surface area contributed by atoms with Crippen LogP contribution in [0.25, 0.3) is 10.2 Å². The van der Waals surface area contributed by atoms with E-state index in [1.165, 1.54) is 22.2 Å². The van der Waals surface area contributed by atoms with Crippen molar-refractivity contribution in [3.63, 3.8) is 0 Å². The van der Waals surface area contributed by atoms with E-state index in [-0.39, 0.29) is 24.4 Å². The van der Waals surface area contributed by atoms with Crippen LogP contribution in [-0.4, -0.2) is 15.5 Å². The molecule has 2 heterocycles. The third kappa shape index (κ3) is 4.70. The van der Waals surface area contributed by atoms with Crippen molar-refractivity contribution in [2.45, 2.75) is 19.6 Å². The number of thiophene rings is 1. The summed E-state index contributed by atoms with van der Waals surface area (Å²) in [5.41, 5.74) is 1.65.